The maximum Gasteiger partial charge on any atom is 0.408 e. The first kappa shape index (κ1) is 29.4. The molecule has 0 aliphatic heterocycles. The number of hydrogen-bond donors (Lipinski definition) is 2. The number of ether oxygens (including phenoxy) is 1. The van der Waals surface area contributed by atoms with Gasteiger partial charge in [-0.25, -0.2) is 4.79 Å². The molecule has 0 fully saturated rings. The van der Waals surface area contributed by atoms with E-state index in [2.05, 4.69) is 10.6 Å². The van der Waals surface area contributed by atoms with Gasteiger partial charge in [-0.1, -0.05) is 68.3 Å². The van der Waals surface area contributed by atoms with Crippen LogP contribution in [0.1, 0.15) is 63.8 Å². The van der Waals surface area contributed by atoms with Crippen molar-refractivity contribution in [2.75, 3.05) is 11.9 Å². The highest BCUT2D eigenvalue weighted by Crippen LogP contribution is 2.27. The lowest BCUT2D eigenvalue weighted by Crippen LogP contribution is -2.54. The third kappa shape index (κ3) is 8.35. The highest BCUT2D eigenvalue weighted by molar-refractivity contribution is 5.99. The number of rotatable bonds is 9. The molecular formula is C29H38N4O4. The van der Waals surface area contributed by atoms with Crippen molar-refractivity contribution >= 4 is 23.6 Å². The average Bonchev–Trinajstić information content (AvgIpc) is 2.81. The summed E-state index contributed by atoms with van der Waals surface area (Å²) in [6.07, 6.45) is -0.156. The molecule has 2 rings (SSSR count). The number of benzene rings is 2. The quantitative estimate of drug-likeness (QED) is 0.450. The molecule has 0 saturated heterocycles. The van der Waals surface area contributed by atoms with E-state index in [0.29, 0.717) is 17.7 Å². The van der Waals surface area contributed by atoms with Crippen LogP contribution in [0.25, 0.3) is 0 Å². The van der Waals surface area contributed by atoms with Crippen molar-refractivity contribution in [1.29, 1.82) is 5.26 Å². The van der Waals surface area contributed by atoms with Crippen LogP contribution in [0.15, 0.2) is 48.5 Å². The Balaban J connectivity index is 2.53. The van der Waals surface area contributed by atoms with Crippen LogP contribution in [0.5, 0.6) is 0 Å². The van der Waals surface area contributed by atoms with E-state index in [4.69, 9.17) is 4.74 Å². The monoisotopic (exact) mass is 506 g/mol. The Bertz CT molecular complexity index is 1150. The zero-order valence-electron chi connectivity index (χ0n) is 22.8. The molecule has 0 radical (unpaired) electrons. The van der Waals surface area contributed by atoms with Crippen molar-refractivity contribution in [1.82, 2.24) is 10.2 Å². The minimum Gasteiger partial charge on any atom is -0.444 e. The molecule has 2 aromatic carbocycles. The molecule has 0 bridgehead atoms. The second-order valence-electron chi connectivity index (χ2n) is 10.3. The topological polar surface area (TPSA) is 112 Å². The second kappa shape index (κ2) is 12.9. The van der Waals surface area contributed by atoms with Crippen molar-refractivity contribution < 1.29 is 19.1 Å². The number of nitrogens with zero attached hydrogens (tertiary/aromatic N) is 2. The van der Waals surface area contributed by atoms with Gasteiger partial charge < -0.3 is 20.3 Å². The Labute approximate surface area is 220 Å². The van der Waals surface area contributed by atoms with E-state index < -0.39 is 35.6 Å². The summed E-state index contributed by atoms with van der Waals surface area (Å²) in [5, 5.41) is 15.3. The van der Waals surface area contributed by atoms with Crippen LogP contribution in [0, 0.1) is 31.1 Å². The Kier molecular flexibility index (Phi) is 10.2. The van der Waals surface area contributed by atoms with Crippen molar-refractivity contribution in [2.24, 2.45) is 5.92 Å². The van der Waals surface area contributed by atoms with Crippen molar-refractivity contribution in [3.8, 4) is 6.07 Å². The second-order valence-corrected chi connectivity index (χ2v) is 10.3. The predicted octanol–water partition coefficient (Wildman–Crippen LogP) is 5.27. The number of nitriles is 1. The molecule has 0 heterocycles. The SMILES string of the molecule is CCC(C)C(NC(=O)OC(C)(C)C)C(=O)N(CC#N)C(C(=O)Nc1ccccc1C)c1cccc(C)c1. The summed E-state index contributed by atoms with van der Waals surface area (Å²) in [4.78, 5) is 41.6. The predicted molar refractivity (Wildman–Crippen MR) is 144 cm³/mol. The maximum atomic E-state index is 14.0. The van der Waals surface area contributed by atoms with Crippen molar-refractivity contribution in [2.45, 2.75) is 72.6 Å². The number of alkyl carbamates (subject to hydrolysis) is 1. The van der Waals surface area contributed by atoms with Crippen LogP contribution < -0.4 is 10.6 Å². The molecule has 3 atom stereocenters. The summed E-state index contributed by atoms with van der Waals surface area (Å²) >= 11 is 0. The molecule has 198 valence electrons. The molecule has 0 aliphatic rings. The normalized spacial score (nSPS) is 13.5. The van der Waals surface area contributed by atoms with Crippen molar-refractivity contribution in [3.63, 3.8) is 0 Å². The summed E-state index contributed by atoms with van der Waals surface area (Å²) < 4.78 is 5.39. The number of carbonyl (C=O) groups is 3. The fourth-order valence-electron chi connectivity index (χ4n) is 3.90. The number of hydrogen-bond acceptors (Lipinski definition) is 5. The first-order valence-electron chi connectivity index (χ1n) is 12.5. The minimum atomic E-state index is -1.10. The van der Waals surface area contributed by atoms with Gasteiger partial charge in [-0.3, -0.25) is 9.59 Å². The molecule has 8 heteroatoms. The molecule has 0 saturated carbocycles. The first-order valence-corrected chi connectivity index (χ1v) is 12.5. The van der Waals surface area contributed by atoms with E-state index >= 15 is 0 Å². The van der Waals surface area contributed by atoms with Gasteiger partial charge in [0.1, 0.15) is 24.2 Å². The minimum absolute atomic E-state index is 0.279. The van der Waals surface area contributed by atoms with E-state index in [1.165, 1.54) is 4.90 Å². The van der Waals surface area contributed by atoms with Crippen LogP contribution in [0.4, 0.5) is 10.5 Å². The van der Waals surface area contributed by atoms with Gasteiger partial charge in [0.05, 0.1) is 6.07 Å². The number of aryl methyl sites for hydroxylation is 2. The maximum absolute atomic E-state index is 14.0. The van der Waals surface area contributed by atoms with Gasteiger partial charge in [0.2, 0.25) is 5.91 Å². The molecule has 2 aromatic rings. The molecule has 0 aromatic heterocycles. The summed E-state index contributed by atoms with van der Waals surface area (Å²) in [7, 11) is 0. The Morgan fingerprint density at radius 2 is 1.76 bits per heavy atom. The van der Waals surface area contributed by atoms with Gasteiger partial charge >= 0.3 is 6.09 Å². The Morgan fingerprint density at radius 3 is 2.32 bits per heavy atom. The average molecular weight is 507 g/mol. The molecule has 8 nitrogen and oxygen atoms in total. The smallest absolute Gasteiger partial charge is 0.408 e. The van der Waals surface area contributed by atoms with Gasteiger partial charge in [-0.05, 0) is 57.7 Å². The summed E-state index contributed by atoms with van der Waals surface area (Å²) in [5.74, 6) is -1.27. The zero-order valence-corrected chi connectivity index (χ0v) is 22.8. The molecule has 0 aliphatic carbocycles. The van der Waals surface area contributed by atoms with E-state index in [9.17, 15) is 19.6 Å². The molecule has 2 N–H and O–H groups in total. The Morgan fingerprint density at radius 1 is 1.08 bits per heavy atom. The van der Waals surface area contributed by atoms with E-state index in [0.717, 1.165) is 11.1 Å². The highest BCUT2D eigenvalue weighted by atomic mass is 16.6. The highest BCUT2D eigenvalue weighted by Gasteiger charge is 2.38. The molecule has 0 spiro atoms. The Hall–Kier alpha value is -3.86. The number of para-hydroxylation sites is 1. The lowest BCUT2D eigenvalue weighted by atomic mass is 9.95. The summed E-state index contributed by atoms with van der Waals surface area (Å²) in [6.45, 7) is 12.4. The van der Waals surface area contributed by atoms with Gasteiger partial charge in [0, 0.05) is 5.69 Å². The molecule has 37 heavy (non-hydrogen) atoms. The summed E-state index contributed by atoms with van der Waals surface area (Å²) in [5.41, 5.74) is 2.19. The fourth-order valence-corrected chi connectivity index (χ4v) is 3.90. The fraction of sp³-hybridized carbons (Fsp3) is 0.448. The zero-order chi connectivity index (χ0) is 27.8. The number of carbonyl (C=O) groups excluding carboxylic acids is 3. The van der Waals surface area contributed by atoms with Crippen LogP contribution >= 0.6 is 0 Å². The number of anilines is 1. The summed E-state index contributed by atoms with van der Waals surface area (Å²) in [6, 6.07) is 14.5. The lowest BCUT2D eigenvalue weighted by Gasteiger charge is -2.34. The first-order chi connectivity index (χ1) is 17.4. The van der Waals surface area contributed by atoms with Crippen LogP contribution in [0.3, 0.4) is 0 Å². The van der Waals surface area contributed by atoms with E-state index in [1.807, 2.05) is 64.1 Å². The van der Waals surface area contributed by atoms with Crippen molar-refractivity contribution in [3.05, 3.63) is 65.2 Å². The molecule has 3 unspecified atom stereocenters. The van der Waals surface area contributed by atoms with Crippen LogP contribution in [0.2, 0.25) is 0 Å². The standard InChI is InChI=1S/C29H38N4O4/c1-8-20(3)24(32-28(36)37-29(5,6)7)27(35)33(17-16-30)25(22-14-11-12-19(2)18-22)26(34)31-23-15-10-9-13-21(23)4/h9-15,18,20,24-25H,8,17H2,1-7H3,(H,31,34)(H,32,36). The van der Waals surface area contributed by atoms with E-state index in [1.54, 1.807) is 39.0 Å². The molecular weight excluding hydrogens is 468 g/mol. The third-order valence-corrected chi connectivity index (χ3v) is 6.00. The van der Waals surface area contributed by atoms with Gasteiger partial charge in [0.15, 0.2) is 0 Å². The molecule has 3 amide bonds. The van der Waals surface area contributed by atoms with Gasteiger partial charge in [-0.2, -0.15) is 5.26 Å². The van der Waals surface area contributed by atoms with Gasteiger partial charge in [0.25, 0.3) is 5.91 Å². The largest absolute Gasteiger partial charge is 0.444 e. The third-order valence-electron chi connectivity index (χ3n) is 6.00. The van der Waals surface area contributed by atoms with Crippen LogP contribution in [-0.4, -0.2) is 41.0 Å². The lowest BCUT2D eigenvalue weighted by molar-refractivity contribution is -0.141. The van der Waals surface area contributed by atoms with Gasteiger partial charge in [-0.15, -0.1) is 0 Å². The van der Waals surface area contributed by atoms with Crippen LogP contribution in [-0.2, 0) is 14.3 Å². The number of amides is 3. The number of nitrogens with one attached hydrogen (secondary N) is 2. The van der Waals surface area contributed by atoms with E-state index in [-0.39, 0.29) is 12.5 Å².